The van der Waals surface area contributed by atoms with Gasteiger partial charge in [-0.05, 0) is 51.3 Å². The first-order chi connectivity index (χ1) is 13.3. The van der Waals surface area contributed by atoms with Crippen LogP contribution in [0.3, 0.4) is 0 Å². The van der Waals surface area contributed by atoms with Gasteiger partial charge in [0.1, 0.15) is 0 Å². The Hall–Kier alpha value is -1.99. The highest BCUT2D eigenvalue weighted by Crippen LogP contribution is 2.28. The lowest BCUT2D eigenvalue weighted by atomic mass is 9.97. The summed E-state index contributed by atoms with van der Waals surface area (Å²) in [5.74, 6) is 1.42. The predicted octanol–water partition coefficient (Wildman–Crippen LogP) is 3.47. The summed E-state index contributed by atoms with van der Waals surface area (Å²) in [5.41, 5.74) is 5.35. The van der Waals surface area contributed by atoms with Crippen LogP contribution in [0.15, 0.2) is 23.8 Å². The average Bonchev–Trinajstić information content (AvgIpc) is 3.42. The van der Waals surface area contributed by atoms with Crippen molar-refractivity contribution in [3.63, 3.8) is 0 Å². The molecule has 5 heterocycles. The molecule has 5 rings (SSSR count). The van der Waals surface area contributed by atoms with E-state index in [-0.39, 0.29) is 0 Å². The normalized spacial score (nSPS) is 21.4. The predicted molar refractivity (Wildman–Crippen MR) is 109 cm³/mol. The van der Waals surface area contributed by atoms with E-state index in [0.29, 0.717) is 5.92 Å². The van der Waals surface area contributed by atoms with Gasteiger partial charge in [0.25, 0.3) is 0 Å². The SMILES string of the molecule is Cc1ncsc1CN1CCC[C@@H](c2nc3ccc(N4CCCC4)cn3n2)C1. The highest BCUT2D eigenvalue weighted by molar-refractivity contribution is 7.09. The summed E-state index contributed by atoms with van der Waals surface area (Å²) in [6.07, 6.45) is 7.11. The first kappa shape index (κ1) is 17.1. The Labute approximate surface area is 163 Å². The van der Waals surface area contributed by atoms with Gasteiger partial charge in [-0.25, -0.2) is 14.5 Å². The number of pyridine rings is 1. The van der Waals surface area contributed by atoms with Gasteiger partial charge >= 0.3 is 0 Å². The molecule has 3 aromatic rings. The number of hydrogen-bond acceptors (Lipinski definition) is 6. The van der Waals surface area contributed by atoms with E-state index in [2.05, 4.69) is 40.0 Å². The topological polar surface area (TPSA) is 49.6 Å². The summed E-state index contributed by atoms with van der Waals surface area (Å²) >= 11 is 1.76. The summed E-state index contributed by atoms with van der Waals surface area (Å²) in [7, 11) is 0. The molecule has 0 amide bonds. The van der Waals surface area contributed by atoms with Crippen LogP contribution < -0.4 is 4.90 Å². The molecule has 0 unspecified atom stereocenters. The van der Waals surface area contributed by atoms with Crippen molar-refractivity contribution in [2.75, 3.05) is 31.1 Å². The molecule has 27 heavy (non-hydrogen) atoms. The molecule has 0 saturated carbocycles. The highest BCUT2D eigenvalue weighted by Gasteiger charge is 2.25. The van der Waals surface area contributed by atoms with Gasteiger partial charge in [0.15, 0.2) is 11.5 Å². The van der Waals surface area contributed by atoms with Crippen molar-refractivity contribution >= 4 is 22.7 Å². The van der Waals surface area contributed by atoms with Crippen molar-refractivity contribution in [3.05, 3.63) is 40.2 Å². The van der Waals surface area contributed by atoms with E-state index in [4.69, 9.17) is 10.1 Å². The molecule has 142 valence electrons. The van der Waals surface area contributed by atoms with Gasteiger partial charge in [-0.1, -0.05) is 0 Å². The van der Waals surface area contributed by atoms with E-state index >= 15 is 0 Å². The van der Waals surface area contributed by atoms with Crippen LogP contribution in [0.1, 0.15) is 48.0 Å². The quantitative estimate of drug-likeness (QED) is 0.691. The highest BCUT2D eigenvalue weighted by atomic mass is 32.1. The van der Waals surface area contributed by atoms with Crippen molar-refractivity contribution in [2.24, 2.45) is 0 Å². The molecule has 0 spiro atoms. The van der Waals surface area contributed by atoms with Crippen LogP contribution >= 0.6 is 11.3 Å². The zero-order valence-electron chi connectivity index (χ0n) is 15.8. The number of aromatic nitrogens is 4. The maximum Gasteiger partial charge on any atom is 0.156 e. The molecule has 0 aliphatic carbocycles. The molecule has 6 nitrogen and oxygen atoms in total. The molecule has 2 aliphatic rings. The molecule has 0 aromatic carbocycles. The van der Waals surface area contributed by atoms with Crippen LogP contribution in [0.25, 0.3) is 5.65 Å². The molecule has 2 fully saturated rings. The molecule has 7 heteroatoms. The molecule has 2 saturated heterocycles. The number of anilines is 1. The Morgan fingerprint density at radius 2 is 2.04 bits per heavy atom. The van der Waals surface area contributed by atoms with E-state index in [1.165, 1.54) is 41.9 Å². The van der Waals surface area contributed by atoms with E-state index in [9.17, 15) is 0 Å². The second kappa shape index (κ2) is 7.20. The van der Waals surface area contributed by atoms with Crippen LogP contribution in [0.2, 0.25) is 0 Å². The second-order valence-electron chi connectivity index (χ2n) is 7.79. The maximum atomic E-state index is 4.86. The molecule has 1 atom stereocenters. The van der Waals surface area contributed by atoms with Crippen LogP contribution in [-0.2, 0) is 6.54 Å². The molecule has 0 radical (unpaired) electrons. The summed E-state index contributed by atoms with van der Waals surface area (Å²) in [6.45, 7) is 7.60. The Balaban J connectivity index is 1.34. The summed E-state index contributed by atoms with van der Waals surface area (Å²) < 4.78 is 1.98. The van der Waals surface area contributed by atoms with Gasteiger partial charge in [-0.2, -0.15) is 5.10 Å². The van der Waals surface area contributed by atoms with Crippen LogP contribution in [0, 0.1) is 6.92 Å². The second-order valence-corrected chi connectivity index (χ2v) is 8.73. The molecular formula is C20H26N6S. The maximum absolute atomic E-state index is 4.86. The Morgan fingerprint density at radius 3 is 2.85 bits per heavy atom. The molecule has 3 aromatic heterocycles. The number of rotatable bonds is 4. The first-order valence-electron chi connectivity index (χ1n) is 9.99. The number of piperidine rings is 1. The lowest BCUT2D eigenvalue weighted by molar-refractivity contribution is 0.198. The number of likely N-dealkylation sites (tertiary alicyclic amines) is 1. The monoisotopic (exact) mass is 382 g/mol. The summed E-state index contributed by atoms with van der Waals surface area (Å²) in [4.78, 5) is 15.6. The smallest absolute Gasteiger partial charge is 0.156 e. The zero-order valence-corrected chi connectivity index (χ0v) is 16.7. The first-order valence-corrected chi connectivity index (χ1v) is 10.9. The number of hydrogen-bond donors (Lipinski definition) is 0. The van der Waals surface area contributed by atoms with Crippen LogP contribution in [0.5, 0.6) is 0 Å². The van der Waals surface area contributed by atoms with E-state index < -0.39 is 0 Å². The third-order valence-electron chi connectivity index (χ3n) is 5.89. The Kier molecular flexibility index (Phi) is 4.57. The van der Waals surface area contributed by atoms with Crippen molar-refractivity contribution in [2.45, 2.75) is 45.1 Å². The molecule has 0 N–H and O–H groups in total. The Bertz CT molecular complexity index is 926. The lowest BCUT2D eigenvalue weighted by Crippen LogP contribution is -2.34. The van der Waals surface area contributed by atoms with E-state index in [0.717, 1.165) is 44.2 Å². The number of aryl methyl sites for hydroxylation is 1. The largest absolute Gasteiger partial charge is 0.370 e. The standard InChI is InChI=1S/C20H26N6S/c1-15-18(27-14-21-15)13-24-8-4-5-16(11-24)20-22-19-7-6-17(12-26(19)23-20)25-9-2-3-10-25/h6-7,12,14,16H,2-5,8-11,13H2,1H3/t16-/m1/s1. The van der Waals surface area contributed by atoms with Gasteiger partial charge in [0.2, 0.25) is 0 Å². The van der Waals surface area contributed by atoms with E-state index in [1.54, 1.807) is 11.3 Å². The number of thiazole rings is 1. The molecular weight excluding hydrogens is 356 g/mol. The zero-order chi connectivity index (χ0) is 18.2. The number of fused-ring (bicyclic) bond motifs is 1. The fourth-order valence-electron chi connectivity index (χ4n) is 4.32. The molecule has 2 aliphatic heterocycles. The van der Waals surface area contributed by atoms with Crippen LogP contribution in [-0.4, -0.2) is 50.7 Å². The minimum Gasteiger partial charge on any atom is -0.370 e. The van der Waals surface area contributed by atoms with Gasteiger partial charge < -0.3 is 4.90 Å². The van der Waals surface area contributed by atoms with Gasteiger partial charge in [0.05, 0.1) is 23.1 Å². The minimum atomic E-state index is 0.419. The lowest BCUT2D eigenvalue weighted by Gasteiger charge is -2.31. The van der Waals surface area contributed by atoms with Crippen molar-refractivity contribution in [1.82, 2.24) is 24.5 Å². The number of nitrogens with zero attached hydrogens (tertiary/aromatic N) is 6. The average molecular weight is 383 g/mol. The third-order valence-corrected chi connectivity index (χ3v) is 6.81. The van der Waals surface area contributed by atoms with Crippen molar-refractivity contribution in [3.8, 4) is 0 Å². The Morgan fingerprint density at radius 1 is 1.15 bits per heavy atom. The van der Waals surface area contributed by atoms with Gasteiger partial charge in [-0.3, -0.25) is 4.90 Å². The van der Waals surface area contributed by atoms with Gasteiger partial charge in [0, 0.05) is 37.0 Å². The van der Waals surface area contributed by atoms with E-state index in [1.807, 2.05) is 10.0 Å². The van der Waals surface area contributed by atoms with Crippen molar-refractivity contribution in [1.29, 1.82) is 0 Å². The summed E-state index contributed by atoms with van der Waals surface area (Å²) in [5, 5.41) is 4.86. The third kappa shape index (κ3) is 3.46. The van der Waals surface area contributed by atoms with Gasteiger partial charge in [-0.15, -0.1) is 11.3 Å². The fraction of sp³-hybridized carbons (Fsp3) is 0.550. The fourth-order valence-corrected chi connectivity index (χ4v) is 5.13. The molecule has 0 bridgehead atoms. The van der Waals surface area contributed by atoms with Crippen molar-refractivity contribution < 1.29 is 0 Å². The van der Waals surface area contributed by atoms with Crippen LogP contribution in [0.4, 0.5) is 5.69 Å². The summed E-state index contributed by atoms with van der Waals surface area (Å²) in [6, 6.07) is 4.31. The minimum absolute atomic E-state index is 0.419.